The lowest BCUT2D eigenvalue weighted by molar-refractivity contribution is 0.713. The summed E-state index contributed by atoms with van der Waals surface area (Å²) in [5.74, 6) is 0.937. The summed E-state index contributed by atoms with van der Waals surface area (Å²) >= 11 is 0. The van der Waals surface area contributed by atoms with Crippen molar-refractivity contribution in [2.75, 3.05) is 5.01 Å². The molecule has 1 unspecified atom stereocenters. The first-order valence-electron chi connectivity index (χ1n) is 4.52. The van der Waals surface area contributed by atoms with Crippen LogP contribution in [-0.2, 0) is 0 Å². The molecule has 13 heavy (non-hydrogen) atoms. The minimum atomic E-state index is 0.440. The summed E-state index contributed by atoms with van der Waals surface area (Å²) in [7, 11) is 0. The topological polar surface area (TPSA) is 28.5 Å². The average Bonchev–Trinajstić information content (AvgIpc) is 2.47. The SMILES string of the molecule is CC1=NN(c2ccccn2)C(C)C1. The predicted molar refractivity (Wildman–Crippen MR) is 53.9 cm³/mol. The molecular formula is C10H13N3. The van der Waals surface area contributed by atoms with E-state index in [1.54, 1.807) is 6.20 Å². The van der Waals surface area contributed by atoms with Gasteiger partial charge in [0.1, 0.15) is 5.82 Å². The van der Waals surface area contributed by atoms with Gasteiger partial charge in [-0.25, -0.2) is 9.99 Å². The number of hydrogen-bond acceptors (Lipinski definition) is 3. The molecule has 3 heteroatoms. The van der Waals surface area contributed by atoms with E-state index in [2.05, 4.69) is 23.9 Å². The van der Waals surface area contributed by atoms with E-state index in [1.807, 2.05) is 23.2 Å². The van der Waals surface area contributed by atoms with Crippen molar-refractivity contribution >= 4 is 11.5 Å². The first kappa shape index (κ1) is 8.23. The third-order valence-electron chi connectivity index (χ3n) is 2.17. The largest absolute Gasteiger partial charge is 0.245 e. The second-order valence-corrected chi connectivity index (χ2v) is 3.42. The van der Waals surface area contributed by atoms with Crippen molar-refractivity contribution in [3.05, 3.63) is 24.4 Å². The summed E-state index contributed by atoms with van der Waals surface area (Å²) in [4.78, 5) is 4.26. The number of hydrazone groups is 1. The summed E-state index contributed by atoms with van der Waals surface area (Å²) < 4.78 is 0. The Morgan fingerprint density at radius 3 is 2.85 bits per heavy atom. The Labute approximate surface area is 78.1 Å². The van der Waals surface area contributed by atoms with Crippen molar-refractivity contribution in [1.82, 2.24) is 4.98 Å². The van der Waals surface area contributed by atoms with Gasteiger partial charge < -0.3 is 0 Å². The average molecular weight is 175 g/mol. The van der Waals surface area contributed by atoms with Gasteiger partial charge in [0.25, 0.3) is 0 Å². The molecule has 1 aliphatic rings. The fourth-order valence-electron chi connectivity index (χ4n) is 1.60. The van der Waals surface area contributed by atoms with E-state index in [9.17, 15) is 0 Å². The van der Waals surface area contributed by atoms with Crippen molar-refractivity contribution < 1.29 is 0 Å². The Hall–Kier alpha value is -1.38. The van der Waals surface area contributed by atoms with Crippen LogP contribution in [0.25, 0.3) is 0 Å². The second kappa shape index (κ2) is 3.17. The van der Waals surface area contributed by atoms with Crippen LogP contribution < -0.4 is 5.01 Å². The normalized spacial score (nSPS) is 21.8. The molecule has 2 rings (SSSR count). The molecule has 1 aromatic rings. The zero-order chi connectivity index (χ0) is 9.26. The molecule has 1 aromatic heterocycles. The van der Waals surface area contributed by atoms with Crippen molar-refractivity contribution in [2.45, 2.75) is 26.3 Å². The van der Waals surface area contributed by atoms with Gasteiger partial charge in [0.05, 0.1) is 6.04 Å². The number of aromatic nitrogens is 1. The third-order valence-corrected chi connectivity index (χ3v) is 2.17. The highest BCUT2D eigenvalue weighted by Crippen LogP contribution is 2.21. The minimum absolute atomic E-state index is 0.440. The highest BCUT2D eigenvalue weighted by atomic mass is 15.5. The molecule has 0 saturated heterocycles. The van der Waals surface area contributed by atoms with Gasteiger partial charge in [-0.1, -0.05) is 6.07 Å². The smallest absolute Gasteiger partial charge is 0.148 e. The molecule has 0 amide bonds. The van der Waals surface area contributed by atoms with Crippen molar-refractivity contribution in [1.29, 1.82) is 0 Å². The van der Waals surface area contributed by atoms with Gasteiger partial charge in [-0.2, -0.15) is 5.10 Å². The van der Waals surface area contributed by atoms with Gasteiger partial charge in [0.2, 0.25) is 0 Å². The Morgan fingerprint density at radius 2 is 2.31 bits per heavy atom. The van der Waals surface area contributed by atoms with Crippen molar-refractivity contribution in [3.8, 4) is 0 Å². The molecule has 2 heterocycles. The van der Waals surface area contributed by atoms with Crippen molar-refractivity contribution in [3.63, 3.8) is 0 Å². The Balaban J connectivity index is 2.27. The molecule has 0 saturated carbocycles. The number of pyridine rings is 1. The van der Waals surface area contributed by atoms with Crippen LogP contribution in [0.1, 0.15) is 20.3 Å². The molecule has 3 nitrogen and oxygen atoms in total. The maximum atomic E-state index is 4.43. The van der Waals surface area contributed by atoms with Gasteiger partial charge in [0, 0.05) is 18.3 Å². The quantitative estimate of drug-likeness (QED) is 0.653. The lowest BCUT2D eigenvalue weighted by atomic mass is 10.2. The lowest BCUT2D eigenvalue weighted by Crippen LogP contribution is -2.23. The number of nitrogens with zero attached hydrogens (tertiary/aromatic N) is 3. The van der Waals surface area contributed by atoms with E-state index in [1.165, 1.54) is 5.71 Å². The van der Waals surface area contributed by atoms with E-state index >= 15 is 0 Å². The van der Waals surface area contributed by atoms with E-state index < -0.39 is 0 Å². The standard InChI is InChI=1S/C10H13N3/c1-8-7-9(2)13(12-8)10-5-3-4-6-11-10/h3-6,9H,7H2,1-2H3. The molecular weight excluding hydrogens is 162 g/mol. The highest BCUT2D eigenvalue weighted by molar-refractivity contribution is 5.86. The van der Waals surface area contributed by atoms with E-state index in [0.717, 1.165) is 12.2 Å². The van der Waals surface area contributed by atoms with Gasteiger partial charge in [0.15, 0.2) is 0 Å². The molecule has 1 aliphatic heterocycles. The summed E-state index contributed by atoms with van der Waals surface area (Å²) in [5.41, 5.74) is 1.18. The number of anilines is 1. The van der Waals surface area contributed by atoms with Crippen LogP contribution in [0, 0.1) is 0 Å². The molecule has 1 atom stereocenters. The summed E-state index contributed by atoms with van der Waals surface area (Å²) in [6.07, 6.45) is 2.84. The van der Waals surface area contributed by atoms with Crippen LogP contribution in [-0.4, -0.2) is 16.7 Å². The Bertz CT molecular complexity index is 318. The second-order valence-electron chi connectivity index (χ2n) is 3.42. The summed E-state index contributed by atoms with van der Waals surface area (Å²) in [6.45, 7) is 4.22. The zero-order valence-corrected chi connectivity index (χ0v) is 7.94. The maximum absolute atomic E-state index is 4.43. The monoisotopic (exact) mass is 175 g/mol. The summed E-state index contributed by atoms with van der Waals surface area (Å²) in [5, 5.41) is 6.41. The maximum Gasteiger partial charge on any atom is 0.148 e. The highest BCUT2D eigenvalue weighted by Gasteiger charge is 2.21. The molecule has 0 spiro atoms. The van der Waals surface area contributed by atoms with Crippen molar-refractivity contribution in [2.24, 2.45) is 5.10 Å². The lowest BCUT2D eigenvalue weighted by Gasteiger charge is -2.18. The molecule has 0 aliphatic carbocycles. The van der Waals surface area contributed by atoms with Crippen LogP contribution in [0.3, 0.4) is 0 Å². The van der Waals surface area contributed by atoms with E-state index in [0.29, 0.717) is 6.04 Å². The minimum Gasteiger partial charge on any atom is -0.245 e. The predicted octanol–water partition coefficient (Wildman–Crippen LogP) is 2.06. The zero-order valence-electron chi connectivity index (χ0n) is 7.94. The summed E-state index contributed by atoms with van der Waals surface area (Å²) in [6, 6.07) is 6.33. The van der Waals surface area contributed by atoms with Crippen LogP contribution in [0.15, 0.2) is 29.5 Å². The van der Waals surface area contributed by atoms with E-state index in [4.69, 9.17) is 0 Å². The van der Waals surface area contributed by atoms with Gasteiger partial charge >= 0.3 is 0 Å². The fourth-order valence-corrected chi connectivity index (χ4v) is 1.60. The van der Waals surface area contributed by atoms with Gasteiger partial charge in [-0.05, 0) is 26.0 Å². The molecule has 0 bridgehead atoms. The van der Waals surface area contributed by atoms with Gasteiger partial charge in [-0.15, -0.1) is 0 Å². The van der Waals surface area contributed by atoms with Crippen LogP contribution in [0.2, 0.25) is 0 Å². The third kappa shape index (κ3) is 1.54. The molecule has 68 valence electrons. The first-order valence-corrected chi connectivity index (χ1v) is 4.52. The van der Waals surface area contributed by atoms with E-state index in [-0.39, 0.29) is 0 Å². The Kier molecular flexibility index (Phi) is 2.00. The molecule has 0 fully saturated rings. The van der Waals surface area contributed by atoms with Crippen LogP contribution >= 0.6 is 0 Å². The number of rotatable bonds is 1. The molecule has 0 aromatic carbocycles. The van der Waals surface area contributed by atoms with Gasteiger partial charge in [-0.3, -0.25) is 0 Å². The first-order chi connectivity index (χ1) is 6.27. The Morgan fingerprint density at radius 1 is 1.46 bits per heavy atom. The molecule has 0 radical (unpaired) electrons. The number of hydrogen-bond donors (Lipinski definition) is 0. The van der Waals surface area contributed by atoms with Crippen LogP contribution in [0.5, 0.6) is 0 Å². The van der Waals surface area contributed by atoms with Crippen LogP contribution in [0.4, 0.5) is 5.82 Å². The molecule has 0 N–H and O–H groups in total. The fraction of sp³-hybridized carbons (Fsp3) is 0.400.